The second-order valence-electron chi connectivity index (χ2n) is 6.63. The highest BCUT2D eigenvalue weighted by molar-refractivity contribution is 7.92. The second kappa shape index (κ2) is 6.99. The number of anilines is 2. The van der Waals surface area contributed by atoms with Crippen LogP contribution in [0.15, 0.2) is 48.5 Å². The zero-order valence-corrected chi connectivity index (χ0v) is 15.8. The van der Waals surface area contributed by atoms with Gasteiger partial charge in [-0.05, 0) is 35.7 Å². The van der Waals surface area contributed by atoms with E-state index in [0.717, 1.165) is 6.26 Å². The van der Waals surface area contributed by atoms with Gasteiger partial charge in [-0.25, -0.2) is 8.42 Å². The van der Waals surface area contributed by atoms with Gasteiger partial charge in [0, 0.05) is 5.69 Å². The highest BCUT2D eigenvalue weighted by Gasteiger charge is 2.34. The second-order valence-corrected chi connectivity index (χ2v) is 8.54. The Morgan fingerprint density at radius 2 is 1.81 bits per heavy atom. The third-order valence-electron chi connectivity index (χ3n) is 4.27. The van der Waals surface area contributed by atoms with Gasteiger partial charge in [0.1, 0.15) is 5.75 Å². The van der Waals surface area contributed by atoms with Crippen LogP contribution in [0.4, 0.5) is 11.4 Å². The van der Waals surface area contributed by atoms with Crippen molar-refractivity contribution in [3.05, 3.63) is 54.1 Å². The van der Waals surface area contributed by atoms with E-state index in [1.807, 2.05) is 24.3 Å². The van der Waals surface area contributed by atoms with Crippen LogP contribution in [0.5, 0.6) is 5.75 Å². The van der Waals surface area contributed by atoms with Gasteiger partial charge in [-0.1, -0.05) is 38.1 Å². The Kier molecular flexibility index (Phi) is 4.91. The van der Waals surface area contributed by atoms with E-state index in [1.165, 1.54) is 9.87 Å². The number of fused-ring (bicyclic) bond motifs is 1. The zero-order chi connectivity index (χ0) is 18.9. The van der Waals surface area contributed by atoms with Crippen LogP contribution in [-0.2, 0) is 14.8 Å². The van der Waals surface area contributed by atoms with E-state index in [-0.39, 0.29) is 12.5 Å². The molecule has 1 amide bonds. The molecule has 0 spiro atoms. The molecule has 2 aromatic rings. The molecule has 0 radical (unpaired) electrons. The van der Waals surface area contributed by atoms with Gasteiger partial charge in [-0.15, -0.1) is 0 Å². The van der Waals surface area contributed by atoms with E-state index in [4.69, 9.17) is 4.74 Å². The molecule has 1 aliphatic heterocycles. The summed E-state index contributed by atoms with van der Waals surface area (Å²) in [7, 11) is -3.52. The molecule has 0 aliphatic carbocycles. The first-order valence-corrected chi connectivity index (χ1v) is 10.2. The molecule has 1 atom stereocenters. The molecule has 1 heterocycles. The fourth-order valence-electron chi connectivity index (χ4n) is 2.83. The lowest BCUT2D eigenvalue weighted by molar-refractivity contribution is -0.122. The van der Waals surface area contributed by atoms with Crippen LogP contribution in [0.2, 0.25) is 0 Å². The summed E-state index contributed by atoms with van der Waals surface area (Å²) in [5.41, 5.74) is 2.27. The van der Waals surface area contributed by atoms with Gasteiger partial charge in [0.25, 0.3) is 5.91 Å². The molecule has 1 aliphatic rings. The van der Waals surface area contributed by atoms with E-state index in [0.29, 0.717) is 23.0 Å². The first kappa shape index (κ1) is 18.3. The average Bonchev–Trinajstić information content (AvgIpc) is 2.60. The van der Waals surface area contributed by atoms with E-state index in [1.54, 1.807) is 24.3 Å². The third-order valence-corrected chi connectivity index (χ3v) is 5.42. The Morgan fingerprint density at radius 3 is 2.42 bits per heavy atom. The fraction of sp³-hybridized carbons (Fsp3) is 0.316. The molecule has 7 heteroatoms. The predicted molar refractivity (Wildman–Crippen MR) is 102 cm³/mol. The molecule has 2 aromatic carbocycles. The maximum atomic E-state index is 12.6. The molecule has 0 saturated heterocycles. The number of hydrogen-bond donors (Lipinski definition) is 1. The lowest BCUT2D eigenvalue weighted by atomic mass is 10.0. The molecule has 1 unspecified atom stereocenters. The van der Waals surface area contributed by atoms with Gasteiger partial charge in [0.05, 0.1) is 18.5 Å². The summed E-state index contributed by atoms with van der Waals surface area (Å²) < 4.78 is 31.2. The quantitative estimate of drug-likeness (QED) is 0.893. The van der Waals surface area contributed by atoms with Crippen molar-refractivity contribution in [3.63, 3.8) is 0 Å². The number of carbonyl (C=O) groups excluding carboxylic acids is 1. The number of hydrogen-bond acceptors (Lipinski definition) is 4. The lowest BCUT2D eigenvalue weighted by Crippen LogP contribution is -2.48. The van der Waals surface area contributed by atoms with Crippen molar-refractivity contribution in [2.24, 2.45) is 0 Å². The number of benzene rings is 2. The predicted octanol–water partition coefficient (Wildman–Crippen LogP) is 2.98. The normalized spacial score (nSPS) is 16.8. The summed E-state index contributed by atoms with van der Waals surface area (Å²) >= 11 is 0. The molecular weight excluding hydrogens is 352 g/mol. The maximum absolute atomic E-state index is 12.6. The minimum atomic E-state index is -3.52. The molecule has 0 fully saturated rings. The third kappa shape index (κ3) is 3.83. The van der Waals surface area contributed by atoms with Gasteiger partial charge >= 0.3 is 0 Å². The zero-order valence-electron chi connectivity index (χ0n) is 15.0. The SMILES string of the molecule is CC(C)c1ccc(NC(=O)C2CN(S(C)(=O)=O)c3ccccc3O2)cc1. The molecule has 6 nitrogen and oxygen atoms in total. The Balaban J connectivity index is 1.80. The van der Waals surface area contributed by atoms with Gasteiger partial charge in [-0.2, -0.15) is 0 Å². The monoisotopic (exact) mass is 374 g/mol. The van der Waals surface area contributed by atoms with Crippen LogP contribution < -0.4 is 14.4 Å². The number of carbonyl (C=O) groups is 1. The summed E-state index contributed by atoms with van der Waals surface area (Å²) in [5, 5.41) is 2.80. The van der Waals surface area contributed by atoms with Gasteiger partial charge in [0.15, 0.2) is 6.10 Å². The van der Waals surface area contributed by atoms with Crippen LogP contribution in [0.3, 0.4) is 0 Å². The molecule has 3 rings (SSSR count). The Hall–Kier alpha value is -2.54. The highest BCUT2D eigenvalue weighted by atomic mass is 32.2. The first-order chi connectivity index (χ1) is 12.3. The summed E-state index contributed by atoms with van der Waals surface area (Å²) in [6.45, 7) is 4.13. The number of para-hydroxylation sites is 2. The van der Waals surface area contributed by atoms with Crippen LogP contribution in [-0.4, -0.2) is 33.2 Å². The topological polar surface area (TPSA) is 75.7 Å². The van der Waals surface area contributed by atoms with Crippen molar-refractivity contribution in [2.45, 2.75) is 25.9 Å². The summed E-state index contributed by atoms with van der Waals surface area (Å²) in [4.78, 5) is 12.6. The van der Waals surface area contributed by atoms with Gasteiger partial charge in [0.2, 0.25) is 10.0 Å². The van der Waals surface area contributed by atoms with Crippen LogP contribution in [0.1, 0.15) is 25.3 Å². The Bertz CT molecular complexity index is 907. The molecule has 0 aromatic heterocycles. The Morgan fingerprint density at radius 1 is 1.15 bits per heavy atom. The van der Waals surface area contributed by atoms with Crippen molar-refractivity contribution >= 4 is 27.3 Å². The van der Waals surface area contributed by atoms with E-state index >= 15 is 0 Å². The van der Waals surface area contributed by atoms with E-state index in [9.17, 15) is 13.2 Å². The van der Waals surface area contributed by atoms with Crippen LogP contribution >= 0.6 is 0 Å². The molecule has 0 bridgehead atoms. The molecule has 26 heavy (non-hydrogen) atoms. The van der Waals surface area contributed by atoms with Crippen molar-refractivity contribution < 1.29 is 17.9 Å². The first-order valence-electron chi connectivity index (χ1n) is 8.40. The minimum absolute atomic E-state index is 0.0637. The maximum Gasteiger partial charge on any atom is 0.267 e. The Labute approximate surface area is 153 Å². The molecule has 138 valence electrons. The number of nitrogens with zero attached hydrogens (tertiary/aromatic N) is 1. The van der Waals surface area contributed by atoms with Crippen LogP contribution in [0.25, 0.3) is 0 Å². The number of rotatable bonds is 4. The van der Waals surface area contributed by atoms with Crippen molar-refractivity contribution in [3.8, 4) is 5.75 Å². The van der Waals surface area contributed by atoms with Gasteiger partial charge < -0.3 is 10.1 Å². The summed E-state index contributed by atoms with van der Waals surface area (Å²) in [6.07, 6.45) is 0.193. The number of nitrogens with one attached hydrogen (secondary N) is 1. The number of sulfonamides is 1. The van der Waals surface area contributed by atoms with Crippen LogP contribution in [0, 0.1) is 0 Å². The fourth-order valence-corrected chi connectivity index (χ4v) is 3.74. The molecular formula is C19H22N2O4S. The van der Waals surface area contributed by atoms with Crippen molar-refractivity contribution in [2.75, 3.05) is 22.4 Å². The number of amides is 1. The smallest absolute Gasteiger partial charge is 0.267 e. The highest BCUT2D eigenvalue weighted by Crippen LogP contribution is 2.34. The minimum Gasteiger partial charge on any atom is -0.476 e. The summed E-state index contributed by atoms with van der Waals surface area (Å²) in [5.74, 6) is 0.395. The average molecular weight is 374 g/mol. The van der Waals surface area contributed by atoms with Crippen molar-refractivity contribution in [1.82, 2.24) is 0 Å². The standard InChI is InChI=1S/C19H22N2O4S/c1-13(2)14-8-10-15(11-9-14)20-19(22)18-12-21(26(3,23)24)16-6-4-5-7-17(16)25-18/h4-11,13,18H,12H2,1-3H3,(H,20,22). The van der Waals surface area contributed by atoms with Crippen molar-refractivity contribution in [1.29, 1.82) is 0 Å². The summed E-state index contributed by atoms with van der Waals surface area (Å²) in [6, 6.07) is 14.4. The van der Waals surface area contributed by atoms with Gasteiger partial charge in [-0.3, -0.25) is 9.10 Å². The molecule has 1 N–H and O–H groups in total. The largest absolute Gasteiger partial charge is 0.476 e. The van der Waals surface area contributed by atoms with E-state index in [2.05, 4.69) is 19.2 Å². The van der Waals surface area contributed by atoms with E-state index < -0.39 is 16.1 Å². The lowest BCUT2D eigenvalue weighted by Gasteiger charge is -2.33. The molecule has 0 saturated carbocycles. The number of ether oxygens (including phenoxy) is 1.